The van der Waals surface area contributed by atoms with Gasteiger partial charge in [0.25, 0.3) is 15.2 Å². The largest absolute Gasteiger partial charge is 0.306 e. The molecule has 2 aliphatic rings. The Labute approximate surface area is 119 Å². The number of hydrogen-bond acceptors (Lipinski definition) is 5. The van der Waals surface area contributed by atoms with Gasteiger partial charge < -0.3 is 4.57 Å². The van der Waals surface area contributed by atoms with Crippen LogP contribution in [0.25, 0.3) is 0 Å². The van der Waals surface area contributed by atoms with E-state index in [0.717, 1.165) is 25.9 Å². The number of nitrogens with zero attached hydrogens (tertiary/aromatic N) is 5. The van der Waals surface area contributed by atoms with E-state index in [0.29, 0.717) is 12.6 Å². The van der Waals surface area contributed by atoms with Gasteiger partial charge in [0.1, 0.15) is 6.33 Å². The molecule has 0 N–H and O–H groups in total. The lowest BCUT2D eigenvalue weighted by atomic mass is 10.1. The summed E-state index contributed by atoms with van der Waals surface area (Å²) in [6.07, 6.45) is 4.50. The standard InChI is InChI=1S/C12H21N5O2S/c1-3-10-7-16-6-4-5-11(16)8-17(10)20(18,19)12-14-13-9-15(12)2/h9-11H,3-8H2,1-2H3. The van der Waals surface area contributed by atoms with E-state index in [4.69, 9.17) is 0 Å². The minimum atomic E-state index is -3.55. The average Bonchev–Trinajstić information content (AvgIpc) is 3.04. The third-order valence-electron chi connectivity index (χ3n) is 4.42. The second kappa shape index (κ2) is 5.09. The molecule has 8 heteroatoms. The van der Waals surface area contributed by atoms with Crippen LogP contribution in [0.3, 0.4) is 0 Å². The van der Waals surface area contributed by atoms with Gasteiger partial charge in [-0.25, -0.2) is 8.42 Å². The molecule has 3 rings (SSSR count). The Hall–Kier alpha value is -0.990. The number of piperazine rings is 1. The molecule has 2 saturated heterocycles. The Kier molecular flexibility index (Phi) is 3.55. The van der Waals surface area contributed by atoms with Gasteiger partial charge in [-0.2, -0.15) is 4.31 Å². The van der Waals surface area contributed by atoms with Crippen LogP contribution in [0.1, 0.15) is 26.2 Å². The lowest BCUT2D eigenvalue weighted by Crippen LogP contribution is -2.57. The Balaban J connectivity index is 1.93. The van der Waals surface area contributed by atoms with Crippen LogP contribution in [-0.2, 0) is 17.1 Å². The molecule has 0 aliphatic carbocycles. The molecule has 2 atom stereocenters. The van der Waals surface area contributed by atoms with E-state index in [9.17, 15) is 8.42 Å². The highest BCUT2D eigenvalue weighted by Gasteiger charge is 2.42. The first-order valence-corrected chi connectivity index (χ1v) is 8.58. The molecular weight excluding hydrogens is 278 g/mol. The molecule has 2 unspecified atom stereocenters. The summed E-state index contributed by atoms with van der Waals surface area (Å²) in [6.45, 7) is 4.55. The Morgan fingerprint density at radius 1 is 1.40 bits per heavy atom. The SMILES string of the molecule is CCC1CN2CCCC2CN1S(=O)(=O)c1nncn1C. The number of rotatable bonds is 3. The number of fused-ring (bicyclic) bond motifs is 1. The van der Waals surface area contributed by atoms with Crippen molar-refractivity contribution in [3.05, 3.63) is 6.33 Å². The van der Waals surface area contributed by atoms with E-state index in [1.807, 2.05) is 6.92 Å². The Morgan fingerprint density at radius 3 is 2.85 bits per heavy atom. The van der Waals surface area contributed by atoms with Crippen LogP contribution in [0.5, 0.6) is 0 Å². The van der Waals surface area contributed by atoms with E-state index >= 15 is 0 Å². The van der Waals surface area contributed by atoms with Crippen molar-refractivity contribution in [2.75, 3.05) is 19.6 Å². The van der Waals surface area contributed by atoms with Crippen molar-refractivity contribution in [3.63, 3.8) is 0 Å². The third-order valence-corrected chi connectivity index (χ3v) is 6.32. The van der Waals surface area contributed by atoms with Crippen molar-refractivity contribution < 1.29 is 8.42 Å². The Bertz CT molecular complexity index is 584. The molecule has 0 amide bonds. The van der Waals surface area contributed by atoms with Gasteiger partial charge in [0.05, 0.1) is 0 Å². The summed E-state index contributed by atoms with van der Waals surface area (Å²) in [5.41, 5.74) is 0. The van der Waals surface area contributed by atoms with Crippen molar-refractivity contribution in [1.29, 1.82) is 0 Å². The molecule has 7 nitrogen and oxygen atoms in total. The predicted molar refractivity (Wildman–Crippen MR) is 73.6 cm³/mol. The lowest BCUT2D eigenvalue weighted by molar-refractivity contribution is 0.106. The average molecular weight is 299 g/mol. The molecule has 0 aromatic carbocycles. The van der Waals surface area contributed by atoms with Gasteiger partial charge >= 0.3 is 0 Å². The first kappa shape index (κ1) is 14.0. The minimum absolute atomic E-state index is 0.0334. The molecule has 0 radical (unpaired) electrons. The van der Waals surface area contributed by atoms with Crippen LogP contribution >= 0.6 is 0 Å². The fourth-order valence-electron chi connectivity index (χ4n) is 3.30. The highest BCUT2D eigenvalue weighted by molar-refractivity contribution is 7.89. The monoisotopic (exact) mass is 299 g/mol. The molecule has 1 aromatic heterocycles. The predicted octanol–water partition coefficient (Wildman–Crippen LogP) is 0.0624. The van der Waals surface area contributed by atoms with Gasteiger partial charge in [0.2, 0.25) is 0 Å². The molecule has 0 spiro atoms. The summed E-state index contributed by atoms with van der Waals surface area (Å²) in [5, 5.41) is 7.53. The van der Waals surface area contributed by atoms with E-state index in [-0.39, 0.29) is 11.2 Å². The van der Waals surface area contributed by atoms with E-state index in [2.05, 4.69) is 15.1 Å². The number of aromatic nitrogens is 3. The van der Waals surface area contributed by atoms with Crippen LogP contribution in [0.15, 0.2) is 11.5 Å². The first-order valence-electron chi connectivity index (χ1n) is 7.14. The van der Waals surface area contributed by atoms with Crippen LogP contribution < -0.4 is 0 Å². The van der Waals surface area contributed by atoms with Gasteiger partial charge in [-0.15, -0.1) is 10.2 Å². The van der Waals surface area contributed by atoms with Gasteiger partial charge in [-0.05, 0) is 25.8 Å². The maximum atomic E-state index is 12.8. The fourth-order valence-corrected chi connectivity index (χ4v) is 5.05. The second-order valence-corrected chi connectivity index (χ2v) is 7.44. The molecule has 3 heterocycles. The maximum Gasteiger partial charge on any atom is 0.279 e. The molecule has 20 heavy (non-hydrogen) atoms. The molecule has 112 valence electrons. The number of hydrogen-bond donors (Lipinski definition) is 0. The van der Waals surface area contributed by atoms with Crippen LogP contribution in [0.2, 0.25) is 0 Å². The quantitative estimate of drug-likeness (QED) is 0.789. The fraction of sp³-hybridized carbons (Fsp3) is 0.833. The van der Waals surface area contributed by atoms with Crippen molar-refractivity contribution in [2.24, 2.45) is 7.05 Å². The molecule has 2 aliphatic heterocycles. The number of aryl methyl sites for hydroxylation is 1. The van der Waals surface area contributed by atoms with Crippen LogP contribution in [0, 0.1) is 0 Å². The van der Waals surface area contributed by atoms with Crippen molar-refractivity contribution in [3.8, 4) is 0 Å². The zero-order valence-electron chi connectivity index (χ0n) is 11.9. The summed E-state index contributed by atoms with van der Waals surface area (Å²) < 4.78 is 28.7. The molecule has 2 fully saturated rings. The Morgan fingerprint density at radius 2 is 2.20 bits per heavy atom. The summed E-state index contributed by atoms with van der Waals surface area (Å²) in [6, 6.07) is 0.395. The second-order valence-electron chi connectivity index (χ2n) is 5.65. The minimum Gasteiger partial charge on any atom is -0.306 e. The first-order chi connectivity index (χ1) is 9.54. The molecular formula is C12H21N5O2S. The van der Waals surface area contributed by atoms with Gasteiger partial charge in [0, 0.05) is 32.2 Å². The third kappa shape index (κ3) is 2.15. The van der Waals surface area contributed by atoms with Gasteiger partial charge in [-0.3, -0.25) is 4.90 Å². The van der Waals surface area contributed by atoms with Crippen molar-refractivity contribution >= 4 is 10.0 Å². The van der Waals surface area contributed by atoms with E-state index in [1.165, 1.54) is 17.3 Å². The van der Waals surface area contributed by atoms with E-state index < -0.39 is 10.0 Å². The molecule has 1 aromatic rings. The highest BCUT2D eigenvalue weighted by atomic mass is 32.2. The smallest absolute Gasteiger partial charge is 0.279 e. The van der Waals surface area contributed by atoms with Crippen molar-refractivity contribution in [2.45, 2.75) is 43.4 Å². The summed E-state index contributed by atoms with van der Waals surface area (Å²) in [4.78, 5) is 2.43. The zero-order chi connectivity index (χ0) is 14.3. The zero-order valence-corrected chi connectivity index (χ0v) is 12.8. The van der Waals surface area contributed by atoms with Gasteiger partial charge in [0.15, 0.2) is 0 Å². The summed E-state index contributed by atoms with van der Waals surface area (Å²) >= 11 is 0. The summed E-state index contributed by atoms with van der Waals surface area (Å²) in [5.74, 6) is 0. The molecule has 0 bridgehead atoms. The highest BCUT2D eigenvalue weighted by Crippen LogP contribution is 2.29. The van der Waals surface area contributed by atoms with Crippen LogP contribution in [-0.4, -0.2) is 64.1 Å². The maximum absolute atomic E-state index is 12.8. The lowest BCUT2D eigenvalue weighted by Gasteiger charge is -2.42. The van der Waals surface area contributed by atoms with E-state index in [1.54, 1.807) is 11.4 Å². The molecule has 0 saturated carbocycles. The summed E-state index contributed by atoms with van der Waals surface area (Å²) in [7, 11) is -1.89. The van der Waals surface area contributed by atoms with Crippen molar-refractivity contribution in [1.82, 2.24) is 24.0 Å². The van der Waals surface area contributed by atoms with Crippen LogP contribution in [0.4, 0.5) is 0 Å². The normalized spacial score (nSPS) is 28.7. The topological polar surface area (TPSA) is 71.3 Å². The number of sulfonamides is 1. The van der Waals surface area contributed by atoms with Gasteiger partial charge in [-0.1, -0.05) is 6.92 Å².